The third-order valence-corrected chi connectivity index (χ3v) is 7.91. The summed E-state index contributed by atoms with van der Waals surface area (Å²) in [4.78, 5) is 17.6. The molecule has 0 bridgehead atoms. The highest BCUT2D eigenvalue weighted by atomic mass is 32.2. The molecule has 0 saturated carbocycles. The van der Waals surface area contributed by atoms with E-state index in [1.54, 1.807) is 12.1 Å². The van der Waals surface area contributed by atoms with Crippen molar-refractivity contribution in [2.24, 2.45) is 0 Å². The molecule has 0 unspecified atom stereocenters. The van der Waals surface area contributed by atoms with E-state index in [0.717, 1.165) is 16.3 Å². The van der Waals surface area contributed by atoms with Gasteiger partial charge in [0.05, 0.1) is 30.0 Å². The number of carbonyl (C=O) groups excluding carboxylic acids is 1. The van der Waals surface area contributed by atoms with Crippen molar-refractivity contribution < 1.29 is 26.7 Å². The molecule has 1 amide bonds. The first-order valence-electron chi connectivity index (χ1n) is 11.5. The fraction of sp³-hybridized carbons (Fsp3) is 0.240. The number of rotatable bonds is 6. The SMILES string of the molecule is Cc1ccc(-c2cc(C(F)F)n3ncc(C(=O)Nc4cccc(S(=O)(=O)N5CCOCC5)c4)c3n2)cc1. The largest absolute Gasteiger partial charge is 0.379 e. The molecule has 12 heteroatoms. The molecule has 0 radical (unpaired) electrons. The molecule has 0 atom stereocenters. The van der Waals surface area contributed by atoms with E-state index in [1.165, 1.54) is 34.6 Å². The molecule has 1 aliphatic heterocycles. The van der Waals surface area contributed by atoms with Crippen LogP contribution in [0.5, 0.6) is 0 Å². The molecule has 9 nitrogen and oxygen atoms in total. The summed E-state index contributed by atoms with van der Waals surface area (Å²) < 4.78 is 61.2. The molecule has 1 saturated heterocycles. The molecule has 3 heterocycles. The fourth-order valence-electron chi connectivity index (χ4n) is 4.04. The van der Waals surface area contributed by atoms with Gasteiger partial charge in [-0.15, -0.1) is 0 Å². The summed E-state index contributed by atoms with van der Waals surface area (Å²) in [6.45, 7) is 3.00. The van der Waals surface area contributed by atoms with Crippen molar-refractivity contribution in [1.82, 2.24) is 18.9 Å². The smallest absolute Gasteiger partial charge is 0.280 e. The van der Waals surface area contributed by atoms with Gasteiger partial charge in [-0.3, -0.25) is 4.79 Å². The van der Waals surface area contributed by atoms with Crippen molar-refractivity contribution in [2.75, 3.05) is 31.6 Å². The highest BCUT2D eigenvalue weighted by Crippen LogP contribution is 2.28. The summed E-state index contributed by atoms with van der Waals surface area (Å²) in [7, 11) is -3.77. The van der Waals surface area contributed by atoms with E-state index in [9.17, 15) is 22.0 Å². The van der Waals surface area contributed by atoms with Gasteiger partial charge in [0.1, 0.15) is 11.3 Å². The summed E-state index contributed by atoms with van der Waals surface area (Å²) in [5.41, 5.74) is 1.64. The van der Waals surface area contributed by atoms with Crippen LogP contribution in [0.2, 0.25) is 0 Å². The Morgan fingerprint density at radius 2 is 1.81 bits per heavy atom. The maximum absolute atomic E-state index is 13.9. The average molecular weight is 528 g/mol. The van der Waals surface area contributed by atoms with Gasteiger partial charge in [-0.05, 0) is 31.2 Å². The summed E-state index contributed by atoms with van der Waals surface area (Å²) in [5, 5.41) is 6.61. The number of hydrogen-bond acceptors (Lipinski definition) is 6. The second-order valence-electron chi connectivity index (χ2n) is 8.53. The number of aromatic nitrogens is 3. The van der Waals surface area contributed by atoms with Crippen molar-refractivity contribution in [3.05, 3.63) is 77.6 Å². The highest BCUT2D eigenvalue weighted by molar-refractivity contribution is 7.89. The number of halogens is 2. The quantitative estimate of drug-likeness (QED) is 0.408. The molecule has 2 aromatic heterocycles. The number of benzene rings is 2. The first kappa shape index (κ1) is 24.9. The molecule has 1 fully saturated rings. The van der Waals surface area contributed by atoms with Gasteiger partial charge < -0.3 is 10.1 Å². The predicted molar refractivity (Wildman–Crippen MR) is 132 cm³/mol. The summed E-state index contributed by atoms with van der Waals surface area (Å²) in [5.74, 6) is -0.662. The monoisotopic (exact) mass is 527 g/mol. The van der Waals surface area contributed by atoms with Crippen molar-refractivity contribution in [3.8, 4) is 11.3 Å². The second kappa shape index (κ2) is 9.96. The molecule has 192 valence electrons. The van der Waals surface area contributed by atoms with Crippen molar-refractivity contribution >= 4 is 27.3 Å². The second-order valence-corrected chi connectivity index (χ2v) is 10.5. The molecule has 4 aromatic rings. The van der Waals surface area contributed by atoms with Crippen molar-refractivity contribution in [3.63, 3.8) is 0 Å². The summed E-state index contributed by atoms with van der Waals surface area (Å²) in [6.07, 6.45) is -1.69. The number of nitrogens with one attached hydrogen (secondary N) is 1. The average Bonchev–Trinajstić information content (AvgIpc) is 3.33. The molecule has 0 aliphatic carbocycles. The first-order valence-corrected chi connectivity index (χ1v) is 12.9. The van der Waals surface area contributed by atoms with Gasteiger partial charge >= 0.3 is 0 Å². The number of hydrogen-bond donors (Lipinski definition) is 1. The van der Waals surface area contributed by atoms with Gasteiger partial charge in [0.15, 0.2) is 5.65 Å². The van der Waals surface area contributed by atoms with E-state index in [4.69, 9.17) is 4.74 Å². The Bertz CT molecular complexity index is 1570. The minimum Gasteiger partial charge on any atom is -0.379 e. The van der Waals surface area contributed by atoms with Gasteiger partial charge in [0.2, 0.25) is 10.0 Å². The number of carbonyl (C=O) groups is 1. The first-order chi connectivity index (χ1) is 17.7. The minimum atomic E-state index is -3.77. The predicted octanol–water partition coefficient (Wildman–Crippen LogP) is 3.92. The van der Waals surface area contributed by atoms with Crippen LogP contribution in [-0.2, 0) is 14.8 Å². The fourth-order valence-corrected chi connectivity index (χ4v) is 5.50. The maximum Gasteiger partial charge on any atom is 0.280 e. The van der Waals surface area contributed by atoms with Crippen LogP contribution in [0.1, 0.15) is 28.0 Å². The molecule has 1 aliphatic rings. The van der Waals surface area contributed by atoms with E-state index < -0.39 is 28.0 Å². The van der Waals surface area contributed by atoms with Crippen LogP contribution >= 0.6 is 0 Å². The normalized spacial score (nSPS) is 14.8. The molecular weight excluding hydrogens is 504 g/mol. The lowest BCUT2D eigenvalue weighted by Gasteiger charge is -2.26. The number of anilines is 1. The molecular formula is C25H23F2N5O4S. The van der Waals surface area contributed by atoms with Crippen LogP contribution < -0.4 is 5.32 Å². The Balaban J connectivity index is 1.48. The maximum atomic E-state index is 13.9. The molecule has 5 rings (SSSR count). The van der Waals surface area contributed by atoms with Crippen LogP contribution in [0.3, 0.4) is 0 Å². The molecule has 0 spiro atoms. The van der Waals surface area contributed by atoms with E-state index in [-0.39, 0.29) is 40.6 Å². The van der Waals surface area contributed by atoms with Crippen LogP contribution in [0.4, 0.5) is 14.5 Å². The number of nitrogens with zero attached hydrogens (tertiary/aromatic N) is 4. The van der Waals surface area contributed by atoms with Crippen LogP contribution in [0.15, 0.2) is 65.7 Å². The van der Waals surface area contributed by atoms with Gasteiger partial charge in [-0.2, -0.15) is 9.40 Å². The molecule has 1 N–H and O–H groups in total. The third kappa shape index (κ3) is 4.95. The van der Waals surface area contributed by atoms with Gasteiger partial charge in [-0.1, -0.05) is 35.9 Å². The number of alkyl halides is 2. The Labute approximate surface area is 211 Å². The Morgan fingerprint density at radius 1 is 1.08 bits per heavy atom. The third-order valence-electron chi connectivity index (χ3n) is 6.01. The van der Waals surface area contributed by atoms with Gasteiger partial charge in [0.25, 0.3) is 12.3 Å². The Morgan fingerprint density at radius 3 is 2.51 bits per heavy atom. The highest BCUT2D eigenvalue weighted by Gasteiger charge is 2.27. The van der Waals surface area contributed by atoms with Crippen LogP contribution in [0, 0.1) is 6.92 Å². The van der Waals surface area contributed by atoms with Crippen molar-refractivity contribution in [2.45, 2.75) is 18.2 Å². The number of fused-ring (bicyclic) bond motifs is 1. The lowest BCUT2D eigenvalue weighted by molar-refractivity contribution is 0.0730. The topological polar surface area (TPSA) is 106 Å². The summed E-state index contributed by atoms with van der Waals surface area (Å²) >= 11 is 0. The Hall–Kier alpha value is -3.74. The van der Waals surface area contributed by atoms with Gasteiger partial charge in [-0.25, -0.2) is 26.7 Å². The van der Waals surface area contributed by atoms with E-state index in [0.29, 0.717) is 18.8 Å². The van der Waals surface area contributed by atoms with Gasteiger partial charge in [0, 0.05) is 24.3 Å². The zero-order valence-electron chi connectivity index (χ0n) is 19.8. The van der Waals surface area contributed by atoms with E-state index >= 15 is 0 Å². The molecule has 2 aromatic carbocycles. The Kier molecular flexibility index (Phi) is 6.71. The van der Waals surface area contributed by atoms with Crippen molar-refractivity contribution in [1.29, 1.82) is 0 Å². The number of sulfonamides is 1. The number of aryl methyl sites for hydroxylation is 1. The standard InChI is InChI=1S/C25H23F2N5O4S/c1-16-5-7-17(8-6-16)21-14-22(23(26)27)32-24(30-21)20(15-28-32)25(33)29-18-3-2-4-19(13-18)37(34,35)31-9-11-36-12-10-31/h2-8,13-15,23H,9-12H2,1H3,(H,29,33). The van der Waals surface area contributed by atoms with E-state index in [2.05, 4.69) is 15.4 Å². The lowest BCUT2D eigenvalue weighted by atomic mass is 10.1. The number of ether oxygens (including phenoxy) is 1. The van der Waals surface area contributed by atoms with Crippen LogP contribution in [0.25, 0.3) is 16.9 Å². The zero-order chi connectivity index (χ0) is 26.2. The van der Waals surface area contributed by atoms with Crippen LogP contribution in [-0.4, -0.2) is 59.5 Å². The number of morpholine rings is 1. The zero-order valence-corrected chi connectivity index (χ0v) is 20.6. The lowest BCUT2D eigenvalue weighted by Crippen LogP contribution is -2.40. The van der Waals surface area contributed by atoms with E-state index in [1.807, 2.05) is 19.1 Å². The molecule has 37 heavy (non-hydrogen) atoms. The number of amides is 1. The minimum absolute atomic E-state index is 0.0202. The summed E-state index contributed by atoms with van der Waals surface area (Å²) in [6, 6.07) is 14.3.